The van der Waals surface area contributed by atoms with Gasteiger partial charge in [-0.15, -0.1) is 11.3 Å². The number of aryl methyl sites for hydroxylation is 1. The van der Waals surface area contributed by atoms with Crippen LogP contribution in [0.25, 0.3) is 0 Å². The van der Waals surface area contributed by atoms with Gasteiger partial charge in [0.25, 0.3) is 11.8 Å². The first-order chi connectivity index (χ1) is 14.1. The van der Waals surface area contributed by atoms with Crippen LogP contribution < -0.4 is 10.2 Å². The maximum atomic E-state index is 13.1. The quantitative estimate of drug-likeness (QED) is 0.678. The van der Waals surface area contributed by atoms with E-state index in [0.717, 1.165) is 38.1 Å². The van der Waals surface area contributed by atoms with Crippen molar-refractivity contribution in [3.63, 3.8) is 0 Å². The fourth-order valence-electron chi connectivity index (χ4n) is 3.64. The van der Waals surface area contributed by atoms with Gasteiger partial charge in [0.2, 0.25) is 0 Å². The van der Waals surface area contributed by atoms with E-state index in [1.807, 2.05) is 34.2 Å². The van der Waals surface area contributed by atoms with Gasteiger partial charge in [0, 0.05) is 37.0 Å². The van der Waals surface area contributed by atoms with Crippen molar-refractivity contribution in [2.24, 2.45) is 0 Å². The van der Waals surface area contributed by atoms with E-state index in [2.05, 4.69) is 16.4 Å². The first-order valence-electron chi connectivity index (χ1n) is 9.88. The Hall–Kier alpha value is -2.93. The number of nitrogens with one attached hydrogen (secondary N) is 1. The molecule has 0 bridgehead atoms. The van der Waals surface area contributed by atoms with Gasteiger partial charge in [-0.25, -0.2) is 4.98 Å². The highest BCUT2D eigenvalue weighted by Gasteiger charge is 2.29. The third kappa shape index (κ3) is 4.10. The highest BCUT2D eigenvalue weighted by molar-refractivity contribution is 7.09. The predicted octanol–water partition coefficient (Wildman–Crippen LogP) is 3.53. The molecule has 1 aromatic carbocycles. The molecule has 0 atom stereocenters. The van der Waals surface area contributed by atoms with Gasteiger partial charge in [-0.3, -0.25) is 14.5 Å². The molecule has 3 heterocycles. The molecule has 0 spiro atoms. The Labute approximate surface area is 174 Å². The molecule has 4 rings (SSSR count). The fourth-order valence-corrected chi connectivity index (χ4v) is 4.35. The van der Waals surface area contributed by atoms with Crippen molar-refractivity contribution >= 4 is 29.0 Å². The average Bonchev–Trinajstić information content (AvgIpc) is 3.41. The van der Waals surface area contributed by atoms with Gasteiger partial charge in [-0.05, 0) is 42.8 Å². The molecule has 3 aromatic rings. The van der Waals surface area contributed by atoms with Crippen molar-refractivity contribution in [3.05, 3.63) is 69.8 Å². The summed E-state index contributed by atoms with van der Waals surface area (Å²) in [6.45, 7) is 1.30. The number of hydrogen-bond acceptors (Lipinski definition) is 4. The predicted molar refractivity (Wildman–Crippen MR) is 115 cm³/mol. The van der Waals surface area contributed by atoms with E-state index < -0.39 is 0 Å². The lowest BCUT2D eigenvalue weighted by atomic mass is 10.1. The second-order valence-electron chi connectivity index (χ2n) is 7.12. The number of aromatic nitrogens is 2. The van der Waals surface area contributed by atoms with Gasteiger partial charge in [-0.2, -0.15) is 0 Å². The van der Waals surface area contributed by atoms with Crippen LogP contribution in [0.1, 0.15) is 44.4 Å². The van der Waals surface area contributed by atoms with Crippen molar-refractivity contribution < 1.29 is 9.59 Å². The van der Waals surface area contributed by atoms with Crippen LogP contribution in [0.3, 0.4) is 0 Å². The second-order valence-corrected chi connectivity index (χ2v) is 8.16. The van der Waals surface area contributed by atoms with Crippen molar-refractivity contribution in [1.29, 1.82) is 0 Å². The SMILES string of the molecule is CN(C(=O)c1ccccc1)c1nc2n(c1C(=O)NCCc1cccs1)CCCC2. The molecular formula is C22H24N4O2S. The molecule has 150 valence electrons. The van der Waals surface area contributed by atoms with Gasteiger partial charge in [0.1, 0.15) is 5.82 Å². The van der Waals surface area contributed by atoms with E-state index in [1.165, 1.54) is 9.78 Å². The molecule has 1 N–H and O–H groups in total. The van der Waals surface area contributed by atoms with Crippen LogP contribution in [-0.2, 0) is 19.4 Å². The summed E-state index contributed by atoms with van der Waals surface area (Å²) in [6.07, 6.45) is 3.67. The lowest BCUT2D eigenvalue weighted by Crippen LogP contribution is -2.33. The zero-order valence-electron chi connectivity index (χ0n) is 16.4. The Morgan fingerprint density at radius 2 is 2.00 bits per heavy atom. The molecule has 1 aliphatic rings. The Bertz CT molecular complexity index is 996. The smallest absolute Gasteiger partial charge is 0.271 e. The number of imidazole rings is 1. The molecule has 0 saturated heterocycles. The van der Waals surface area contributed by atoms with Gasteiger partial charge in [-0.1, -0.05) is 24.3 Å². The third-order valence-corrected chi connectivity index (χ3v) is 6.09. The van der Waals surface area contributed by atoms with Gasteiger partial charge in [0.15, 0.2) is 11.5 Å². The number of amides is 2. The molecule has 1 aliphatic heterocycles. The number of rotatable bonds is 6. The number of carbonyl (C=O) groups is 2. The number of fused-ring (bicyclic) bond motifs is 1. The Balaban J connectivity index is 1.59. The Morgan fingerprint density at radius 3 is 2.76 bits per heavy atom. The largest absolute Gasteiger partial charge is 0.350 e. The van der Waals surface area contributed by atoms with E-state index in [1.54, 1.807) is 30.5 Å². The molecule has 7 heteroatoms. The Kier molecular flexibility index (Phi) is 5.76. The molecule has 6 nitrogen and oxygen atoms in total. The zero-order chi connectivity index (χ0) is 20.2. The van der Waals surface area contributed by atoms with Gasteiger partial charge >= 0.3 is 0 Å². The van der Waals surface area contributed by atoms with Crippen LogP contribution in [0.2, 0.25) is 0 Å². The molecule has 0 radical (unpaired) electrons. The van der Waals surface area contributed by atoms with Crippen molar-refractivity contribution in [2.45, 2.75) is 32.2 Å². The maximum Gasteiger partial charge on any atom is 0.271 e. The summed E-state index contributed by atoms with van der Waals surface area (Å²) in [4.78, 5) is 33.4. The lowest BCUT2D eigenvalue weighted by Gasteiger charge is -2.18. The van der Waals surface area contributed by atoms with Crippen molar-refractivity contribution in [3.8, 4) is 0 Å². The number of nitrogens with zero attached hydrogens (tertiary/aromatic N) is 3. The van der Waals surface area contributed by atoms with Crippen LogP contribution >= 0.6 is 11.3 Å². The summed E-state index contributed by atoms with van der Waals surface area (Å²) in [7, 11) is 1.69. The van der Waals surface area contributed by atoms with Crippen molar-refractivity contribution in [1.82, 2.24) is 14.9 Å². The van der Waals surface area contributed by atoms with E-state index in [4.69, 9.17) is 0 Å². The van der Waals surface area contributed by atoms with Crippen LogP contribution in [0.5, 0.6) is 0 Å². The molecule has 2 amide bonds. The monoisotopic (exact) mass is 408 g/mol. The number of carbonyl (C=O) groups excluding carboxylic acids is 2. The standard InChI is InChI=1S/C22H24N4O2S/c1-25(22(28)16-8-3-2-4-9-16)20-19(26-14-6-5-11-18(26)24-20)21(27)23-13-12-17-10-7-15-29-17/h2-4,7-10,15H,5-6,11-14H2,1H3,(H,23,27). The first kappa shape index (κ1) is 19.4. The topological polar surface area (TPSA) is 67.2 Å². The Morgan fingerprint density at radius 1 is 1.17 bits per heavy atom. The summed E-state index contributed by atoms with van der Waals surface area (Å²) in [6, 6.07) is 13.2. The second kappa shape index (κ2) is 8.61. The van der Waals surface area contributed by atoms with E-state index in [9.17, 15) is 9.59 Å². The summed E-state index contributed by atoms with van der Waals surface area (Å²) in [5.74, 6) is 0.963. The van der Waals surface area contributed by atoms with Crippen molar-refractivity contribution in [2.75, 3.05) is 18.5 Å². The van der Waals surface area contributed by atoms with Gasteiger partial charge < -0.3 is 9.88 Å². The first-order valence-corrected chi connectivity index (χ1v) is 10.8. The highest BCUT2D eigenvalue weighted by atomic mass is 32.1. The minimum absolute atomic E-state index is 0.173. The third-order valence-electron chi connectivity index (χ3n) is 5.16. The van der Waals surface area contributed by atoms with Crippen LogP contribution in [0, 0.1) is 0 Å². The number of anilines is 1. The molecule has 0 aliphatic carbocycles. The average molecular weight is 409 g/mol. The molecule has 29 heavy (non-hydrogen) atoms. The molecule has 0 unspecified atom stereocenters. The minimum Gasteiger partial charge on any atom is -0.350 e. The number of thiophene rings is 1. The van der Waals surface area contributed by atoms with E-state index in [0.29, 0.717) is 23.6 Å². The fraction of sp³-hybridized carbons (Fsp3) is 0.318. The van der Waals surface area contributed by atoms with E-state index in [-0.39, 0.29) is 11.8 Å². The summed E-state index contributed by atoms with van der Waals surface area (Å²) < 4.78 is 1.98. The van der Waals surface area contributed by atoms with Crippen LogP contribution in [0.15, 0.2) is 47.8 Å². The number of benzene rings is 1. The van der Waals surface area contributed by atoms with E-state index >= 15 is 0 Å². The van der Waals surface area contributed by atoms with Crippen LogP contribution in [-0.4, -0.2) is 35.0 Å². The molecular weight excluding hydrogens is 384 g/mol. The summed E-state index contributed by atoms with van der Waals surface area (Å²) in [5.41, 5.74) is 1.06. The number of hydrogen-bond donors (Lipinski definition) is 1. The van der Waals surface area contributed by atoms with Gasteiger partial charge in [0.05, 0.1) is 0 Å². The molecule has 0 saturated carbocycles. The molecule has 0 fully saturated rings. The molecule has 2 aromatic heterocycles. The lowest BCUT2D eigenvalue weighted by molar-refractivity contribution is 0.0944. The summed E-state index contributed by atoms with van der Waals surface area (Å²) in [5, 5.41) is 5.05. The maximum absolute atomic E-state index is 13.1. The minimum atomic E-state index is -0.176. The van der Waals surface area contributed by atoms with Crippen LogP contribution in [0.4, 0.5) is 5.82 Å². The normalized spacial score (nSPS) is 13.0. The highest BCUT2D eigenvalue weighted by Crippen LogP contribution is 2.26. The zero-order valence-corrected chi connectivity index (χ0v) is 17.2. The summed E-state index contributed by atoms with van der Waals surface area (Å²) >= 11 is 1.68.